The van der Waals surface area contributed by atoms with Crippen molar-refractivity contribution in [1.29, 1.82) is 0 Å². The Morgan fingerprint density at radius 1 is 1.08 bits per heavy atom. The van der Waals surface area contributed by atoms with E-state index in [0.717, 1.165) is 5.56 Å². The van der Waals surface area contributed by atoms with Gasteiger partial charge in [-0.05, 0) is 37.6 Å². The van der Waals surface area contributed by atoms with Gasteiger partial charge in [0.2, 0.25) is 0 Å². The van der Waals surface area contributed by atoms with Crippen molar-refractivity contribution >= 4 is 11.8 Å². The summed E-state index contributed by atoms with van der Waals surface area (Å²) >= 11 is 0. The summed E-state index contributed by atoms with van der Waals surface area (Å²) in [6.45, 7) is 4.08. The van der Waals surface area contributed by atoms with Crippen LogP contribution in [-0.2, 0) is 6.42 Å². The smallest absolute Gasteiger partial charge is 0.259 e. The molecule has 0 atom stereocenters. The number of benzene rings is 2. The molecule has 2 aromatic rings. The molecule has 0 bridgehead atoms. The SMILES string of the molecule is CC(C)Oc1ccc(O)cc1OCCc1cccc2c1C(=O)NC2=O. The summed E-state index contributed by atoms with van der Waals surface area (Å²) in [5.41, 5.74) is 1.54. The van der Waals surface area contributed by atoms with E-state index in [-0.39, 0.29) is 30.3 Å². The lowest BCUT2D eigenvalue weighted by Gasteiger charge is -2.15. The van der Waals surface area contributed by atoms with Crippen molar-refractivity contribution in [2.24, 2.45) is 0 Å². The molecule has 1 heterocycles. The number of aromatic hydroxyl groups is 1. The predicted molar refractivity (Wildman–Crippen MR) is 91.3 cm³/mol. The topological polar surface area (TPSA) is 84.9 Å². The fraction of sp³-hybridized carbons (Fsp3) is 0.263. The zero-order valence-electron chi connectivity index (χ0n) is 14.0. The maximum absolute atomic E-state index is 11.9. The number of hydrogen-bond donors (Lipinski definition) is 2. The number of carbonyl (C=O) groups excluding carboxylic acids is 2. The number of phenolic OH excluding ortho intramolecular Hbond substituents is 1. The molecule has 2 amide bonds. The van der Waals surface area contributed by atoms with E-state index in [4.69, 9.17) is 9.47 Å². The van der Waals surface area contributed by atoms with E-state index in [1.54, 1.807) is 24.3 Å². The first-order valence-corrected chi connectivity index (χ1v) is 8.05. The average Bonchev–Trinajstić information content (AvgIpc) is 2.85. The summed E-state index contributed by atoms with van der Waals surface area (Å²) in [6.07, 6.45) is 0.416. The normalized spacial score (nSPS) is 12.9. The highest BCUT2D eigenvalue weighted by Gasteiger charge is 2.28. The first-order chi connectivity index (χ1) is 12.0. The van der Waals surface area contributed by atoms with Crippen LogP contribution in [0.5, 0.6) is 17.2 Å². The Morgan fingerprint density at radius 3 is 2.64 bits per heavy atom. The third kappa shape index (κ3) is 3.57. The molecule has 0 saturated carbocycles. The van der Waals surface area contributed by atoms with E-state index in [2.05, 4.69) is 5.32 Å². The molecule has 6 nitrogen and oxygen atoms in total. The maximum atomic E-state index is 11.9. The molecule has 130 valence electrons. The van der Waals surface area contributed by atoms with Crippen molar-refractivity contribution in [3.8, 4) is 17.2 Å². The summed E-state index contributed by atoms with van der Waals surface area (Å²) in [7, 11) is 0. The van der Waals surface area contributed by atoms with E-state index < -0.39 is 0 Å². The summed E-state index contributed by atoms with van der Waals surface area (Å²) in [6, 6.07) is 9.84. The number of carbonyl (C=O) groups is 2. The third-order valence-electron chi connectivity index (χ3n) is 3.77. The van der Waals surface area contributed by atoms with Gasteiger partial charge in [0.05, 0.1) is 23.8 Å². The molecule has 1 aliphatic heterocycles. The van der Waals surface area contributed by atoms with Crippen LogP contribution in [-0.4, -0.2) is 29.6 Å². The molecule has 0 aromatic heterocycles. The number of imide groups is 1. The first kappa shape index (κ1) is 16.8. The first-order valence-electron chi connectivity index (χ1n) is 8.05. The summed E-state index contributed by atoms with van der Waals surface area (Å²) in [4.78, 5) is 23.6. The Kier molecular flexibility index (Phi) is 4.61. The van der Waals surface area contributed by atoms with Crippen LogP contribution in [0.2, 0.25) is 0 Å². The van der Waals surface area contributed by atoms with Crippen LogP contribution in [0.25, 0.3) is 0 Å². The predicted octanol–water partition coefficient (Wildman–Crippen LogP) is 2.68. The molecule has 2 aromatic carbocycles. The van der Waals surface area contributed by atoms with E-state index >= 15 is 0 Å². The number of fused-ring (bicyclic) bond motifs is 1. The van der Waals surface area contributed by atoms with Gasteiger partial charge in [0.25, 0.3) is 11.8 Å². The Labute approximate surface area is 145 Å². The lowest BCUT2D eigenvalue weighted by molar-refractivity contribution is 0.0879. The number of phenols is 1. The van der Waals surface area contributed by atoms with Gasteiger partial charge in [0.15, 0.2) is 11.5 Å². The van der Waals surface area contributed by atoms with E-state index in [1.807, 2.05) is 13.8 Å². The van der Waals surface area contributed by atoms with Crippen molar-refractivity contribution in [3.63, 3.8) is 0 Å². The molecule has 25 heavy (non-hydrogen) atoms. The molecule has 0 unspecified atom stereocenters. The Hall–Kier alpha value is -3.02. The van der Waals surface area contributed by atoms with Crippen LogP contribution in [0, 0.1) is 0 Å². The maximum Gasteiger partial charge on any atom is 0.259 e. The van der Waals surface area contributed by atoms with E-state index in [1.165, 1.54) is 12.1 Å². The van der Waals surface area contributed by atoms with Gasteiger partial charge < -0.3 is 14.6 Å². The average molecular weight is 341 g/mol. The van der Waals surface area contributed by atoms with Gasteiger partial charge in [-0.2, -0.15) is 0 Å². The van der Waals surface area contributed by atoms with Crippen molar-refractivity contribution in [2.45, 2.75) is 26.4 Å². The number of amides is 2. The Balaban J connectivity index is 1.74. The quantitative estimate of drug-likeness (QED) is 0.789. The molecule has 0 fully saturated rings. The second-order valence-corrected chi connectivity index (χ2v) is 6.02. The molecule has 0 spiro atoms. The molecule has 0 radical (unpaired) electrons. The molecule has 0 aliphatic carbocycles. The Bertz CT molecular complexity index is 829. The monoisotopic (exact) mass is 341 g/mol. The second-order valence-electron chi connectivity index (χ2n) is 6.02. The summed E-state index contributed by atoms with van der Waals surface area (Å²) < 4.78 is 11.4. The molecule has 0 saturated heterocycles. The molecule has 6 heteroatoms. The summed E-state index contributed by atoms with van der Waals surface area (Å²) in [5, 5.41) is 11.9. The van der Waals surface area contributed by atoms with Gasteiger partial charge in [-0.25, -0.2) is 0 Å². The lowest BCUT2D eigenvalue weighted by atomic mass is 10.0. The largest absolute Gasteiger partial charge is 0.508 e. The number of nitrogens with one attached hydrogen (secondary N) is 1. The minimum atomic E-state index is -0.378. The van der Waals surface area contributed by atoms with Gasteiger partial charge in [0.1, 0.15) is 5.75 Å². The number of ether oxygens (including phenoxy) is 2. The van der Waals surface area contributed by atoms with Crippen LogP contribution < -0.4 is 14.8 Å². The van der Waals surface area contributed by atoms with Crippen molar-refractivity contribution in [1.82, 2.24) is 5.32 Å². The standard InChI is InChI=1S/C19H19NO5/c1-11(2)25-15-7-6-13(21)10-16(15)24-9-8-12-4-3-5-14-17(12)19(23)20-18(14)22/h3-7,10-11,21H,8-9H2,1-2H3,(H,20,22,23). The molecule has 2 N–H and O–H groups in total. The Morgan fingerprint density at radius 2 is 1.88 bits per heavy atom. The van der Waals surface area contributed by atoms with Gasteiger partial charge in [0, 0.05) is 12.5 Å². The molecule has 3 rings (SSSR count). The van der Waals surface area contributed by atoms with Crippen LogP contribution in [0.1, 0.15) is 40.1 Å². The number of hydrogen-bond acceptors (Lipinski definition) is 5. The fourth-order valence-electron chi connectivity index (χ4n) is 2.73. The molecular weight excluding hydrogens is 322 g/mol. The van der Waals surface area contributed by atoms with Crippen molar-refractivity contribution in [3.05, 3.63) is 53.1 Å². The minimum absolute atomic E-state index is 0.0287. The van der Waals surface area contributed by atoms with Gasteiger partial charge >= 0.3 is 0 Å². The second kappa shape index (κ2) is 6.84. The van der Waals surface area contributed by atoms with Crippen molar-refractivity contribution in [2.75, 3.05) is 6.61 Å². The van der Waals surface area contributed by atoms with Crippen LogP contribution in [0.3, 0.4) is 0 Å². The lowest BCUT2D eigenvalue weighted by Crippen LogP contribution is -2.20. The van der Waals surface area contributed by atoms with E-state index in [9.17, 15) is 14.7 Å². The number of rotatable bonds is 6. The van der Waals surface area contributed by atoms with Crippen LogP contribution in [0.4, 0.5) is 0 Å². The van der Waals surface area contributed by atoms with Gasteiger partial charge in [-0.3, -0.25) is 14.9 Å². The van der Waals surface area contributed by atoms with Gasteiger partial charge in [-0.15, -0.1) is 0 Å². The van der Waals surface area contributed by atoms with Crippen LogP contribution in [0.15, 0.2) is 36.4 Å². The highest BCUT2D eigenvalue weighted by Crippen LogP contribution is 2.32. The van der Waals surface area contributed by atoms with Crippen molar-refractivity contribution < 1.29 is 24.2 Å². The highest BCUT2D eigenvalue weighted by molar-refractivity contribution is 6.22. The highest BCUT2D eigenvalue weighted by atomic mass is 16.5. The summed E-state index contributed by atoms with van der Waals surface area (Å²) in [5.74, 6) is 0.303. The van der Waals surface area contributed by atoms with Gasteiger partial charge in [-0.1, -0.05) is 12.1 Å². The minimum Gasteiger partial charge on any atom is -0.508 e. The van der Waals surface area contributed by atoms with Crippen LogP contribution >= 0.6 is 0 Å². The molecular formula is C19H19NO5. The fourth-order valence-corrected chi connectivity index (χ4v) is 2.73. The molecule has 1 aliphatic rings. The third-order valence-corrected chi connectivity index (χ3v) is 3.77. The zero-order valence-corrected chi connectivity index (χ0v) is 14.0. The van der Waals surface area contributed by atoms with E-state index in [0.29, 0.717) is 29.0 Å². The zero-order chi connectivity index (χ0) is 18.0.